The summed E-state index contributed by atoms with van der Waals surface area (Å²) in [6.45, 7) is 9.62. The third-order valence-electron chi connectivity index (χ3n) is 31.0. The predicted molar refractivity (Wildman–Crippen MR) is 621 cm³/mol. The van der Waals surface area contributed by atoms with Crippen molar-refractivity contribution in [2.75, 3.05) is 19.6 Å². The normalized spacial score (nSPS) is 12.8. The predicted octanol–water partition coefficient (Wildman–Crippen LogP) is 40.3. The Hall–Kier alpha value is -17.5. The molecule has 0 bridgehead atoms. The third kappa shape index (κ3) is 13.5. The lowest BCUT2D eigenvalue weighted by molar-refractivity contribution is 0.660. The molecular formula is C138H94N4S2. The Morgan fingerprint density at radius 3 is 0.778 bits per heavy atom. The van der Waals surface area contributed by atoms with Crippen LogP contribution >= 0.6 is 22.7 Å². The standard InChI is InChI=1S/C71H48N2S.C67H46N2S/c1-71(2)65-43-48(72(46-20-4-3-5-21-46)67-32-16-19-45-18-6-7-22-50(45)67)35-38-58(65)59-39-36-49(44-66(59)71)73(47-34-37-57-53-25-9-8-23-51(53)52-24-10-11-27-55(52)64(57)42-47)68-41-40-56(54-26-12-13-28-60(54)68)62-30-17-31-63-61-29-14-15-33-69(61)74-70(62)63;1-67(2)62-41-46(68(43-18-5-3-6-19-43)44-20-7-4-8-21-44)33-36-55(62)56-37-34-47(42-63(56)67)69(45-32-35-54-50-24-10-9-22-48(50)49-23-11-12-26-52(49)61(54)40-45)64-39-38-53(51-25-13-14-27-57(51)64)59-29-17-30-60-58-28-15-16-31-65(58)70-66(59)60/h3-44H,1-2H3;3-42H,1-2H3. The molecule has 144 heavy (non-hydrogen) atoms. The molecule has 2 heterocycles. The molecule has 0 radical (unpaired) electrons. The molecule has 0 unspecified atom stereocenters. The average molecular weight is 1870 g/mol. The van der Waals surface area contributed by atoms with Gasteiger partial charge in [0.1, 0.15) is 0 Å². The maximum atomic E-state index is 2.53. The molecule has 4 nitrogen and oxygen atoms in total. The number of anilines is 12. The van der Waals surface area contributed by atoms with Crippen molar-refractivity contribution < 1.29 is 0 Å². The van der Waals surface area contributed by atoms with Crippen LogP contribution in [-0.2, 0) is 10.8 Å². The number of nitrogens with zero attached hydrogens (tertiary/aromatic N) is 4. The summed E-state index contributed by atoms with van der Waals surface area (Å²) in [5, 5.41) is 27.7. The summed E-state index contributed by atoms with van der Waals surface area (Å²) in [5.74, 6) is 0. The largest absolute Gasteiger partial charge is 0.310 e. The number of thiophene rings is 2. The van der Waals surface area contributed by atoms with Gasteiger partial charge in [0, 0.05) is 130 Å². The molecule has 0 atom stereocenters. The fourth-order valence-electron chi connectivity index (χ4n) is 24.3. The van der Waals surface area contributed by atoms with Crippen LogP contribution in [-0.4, -0.2) is 0 Å². The molecule has 0 saturated carbocycles. The SMILES string of the molecule is CC1(C)c2cc(N(c3ccccc3)c3cccc4ccccc34)ccc2-c2ccc(N(c3ccc4c5ccccc5c5ccccc5c4c3)c3ccc(-c4cccc5c4sc4ccccc45)c4ccccc34)cc21.CC1(C)c2cc(N(c3ccccc3)c3ccccc3)ccc2-c2ccc(N(c3ccc4c5ccccc5c5ccccc5c4c3)c3ccc(-c4cccc5c4sc4ccccc45)c4ccccc34)cc21. The van der Waals surface area contributed by atoms with Gasteiger partial charge >= 0.3 is 0 Å². The van der Waals surface area contributed by atoms with Crippen LogP contribution in [0.4, 0.5) is 68.2 Å². The van der Waals surface area contributed by atoms with E-state index in [9.17, 15) is 0 Å². The Morgan fingerprint density at radius 1 is 0.146 bits per heavy atom. The lowest BCUT2D eigenvalue weighted by Crippen LogP contribution is -2.18. The quantitative estimate of drug-likeness (QED) is 0.101. The monoisotopic (exact) mass is 1870 g/mol. The van der Waals surface area contributed by atoms with Crippen LogP contribution in [0.5, 0.6) is 0 Å². The molecule has 6 heteroatoms. The zero-order valence-electron chi connectivity index (χ0n) is 79.9. The highest BCUT2D eigenvalue weighted by Gasteiger charge is 2.40. The number of benzene rings is 25. The number of rotatable bonds is 14. The molecule has 2 aliphatic carbocycles. The maximum Gasteiger partial charge on any atom is 0.0540 e. The smallest absolute Gasteiger partial charge is 0.0540 e. The van der Waals surface area contributed by atoms with Crippen molar-refractivity contribution in [2.24, 2.45) is 0 Å². The zero-order chi connectivity index (χ0) is 95.6. The highest BCUT2D eigenvalue weighted by atomic mass is 32.1. The van der Waals surface area contributed by atoms with Crippen LogP contribution < -0.4 is 19.6 Å². The van der Waals surface area contributed by atoms with Crippen LogP contribution in [0.2, 0.25) is 0 Å². The fraction of sp³-hybridized carbons (Fsp3) is 0.0435. The van der Waals surface area contributed by atoms with Crippen molar-refractivity contribution in [3.63, 3.8) is 0 Å². The van der Waals surface area contributed by atoms with Crippen molar-refractivity contribution in [3.8, 4) is 44.5 Å². The van der Waals surface area contributed by atoms with E-state index in [4.69, 9.17) is 0 Å². The summed E-state index contributed by atoms with van der Waals surface area (Å²) < 4.78 is 5.28. The van der Waals surface area contributed by atoms with Crippen molar-refractivity contribution in [1.29, 1.82) is 0 Å². The average Bonchev–Trinajstić information content (AvgIpc) is 1.52. The molecule has 0 fully saturated rings. The van der Waals surface area contributed by atoms with E-state index in [1.54, 1.807) is 0 Å². The minimum Gasteiger partial charge on any atom is -0.310 e. The highest BCUT2D eigenvalue weighted by molar-refractivity contribution is 7.26. The second kappa shape index (κ2) is 33.6. The van der Waals surface area contributed by atoms with Gasteiger partial charge in [0.2, 0.25) is 0 Å². The molecule has 0 spiro atoms. The fourth-order valence-corrected chi connectivity index (χ4v) is 26.7. The Kier molecular flexibility index (Phi) is 19.7. The number of hydrogen-bond donors (Lipinski definition) is 0. The van der Waals surface area contributed by atoms with Gasteiger partial charge in [-0.05, 0) is 276 Å². The van der Waals surface area contributed by atoms with Crippen LogP contribution in [0, 0.1) is 0 Å². The first-order valence-corrected chi connectivity index (χ1v) is 51.5. The molecular weight excluding hydrogens is 1780 g/mol. The van der Waals surface area contributed by atoms with E-state index in [2.05, 4.69) is 545 Å². The van der Waals surface area contributed by atoms with E-state index in [0.717, 1.165) is 68.2 Å². The molecule has 0 saturated heterocycles. The first kappa shape index (κ1) is 84.5. The van der Waals surface area contributed by atoms with Gasteiger partial charge in [-0.1, -0.05) is 386 Å². The summed E-state index contributed by atoms with van der Waals surface area (Å²) in [6, 6.07) is 185. The van der Waals surface area contributed by atoms with E-state index >= 15 is 0 Å². The summed E-state index contributed by atoms with van der Waals surface area (Å²) in [5.41, 5.74) is 28.5. The second-order valence-corrected chi connectivity index (χ2v) is 41.7. The van der Waals surface area contributed by atoms with E-state index < -0.39 is 0 Å². The van der Waals surface area contributed by atoms with Gasteiger partial charge in [0.15, 0.2) is 0 Å². The van der Waals surface area contributed by atoms with Gasteiger partial charge in [0.25, 0.3) is 0 Å². The molecule has 0 aliphatic heterocycles. The van der Waals surface area contributed by atoms with Crippen molar-refractivity contribution >= 4 is 228 Å². The van der Waals surface area contributed by atoms with Crippen molar-refractivity contribution in [2.45, 2.75) is 38.5 Å². The van der Waals surface area contributed by atoms with Gasteiger partial charge in [-0.3, -0.25) is 0 Å². The Bertz CT molecular complexity index is 9850. The van der Waals surface area contributed by atoms with E-state index in [0.29, 0.717) is 0 Å². The Balaban J connectivity index is 0.000000140. The minimum atomic E-state index is -0.309. The van der Waals surface area contributed by atoms with Gasteiger partial charge in [-0.25, -0.2) is 0 Å². The van der Waals surface area contributed by atoms with Gasteiger partial charge in [-0.2, -0.15) is 0 Å². The molecule has 2 aromatic heterocycles. The molecule has 29 rings (SSSR count). The van der Waals surface area contributed by atoms with Crippen molar-refractivity contribution in [1.82, 2.24) is 0 Å². The molecule has 25 aromatic carbocycles. The number of para-hydroxylation sites is 3. The van der Waals surface area contributed by atoms with Gasteiger partial charge in [-0.15, -0.1) is 22.7 Å². The minimum absolute atomic E-state index is 0.283. The topological polar surface area (TPSA) is 13.0 Å². The highest BCUT2D eigenvalue weighted by Crippen LogP contribution is 2.59. The summed E-state index contributed by atoms with van der Waals surface area (Å²) >= 11 is 3.78. The number of hydrogen-bond acceptors (Lipinski definition) is 6. The first-order valence-electron chi connectivity index (χ1n) is 49.9. The second-order valence-electron chi connectivity index (χ2n) is 39.6. The maximum absolute atomic E-state index is 2.53. The van der Waals surface area contributed by atoms with E-state index in [1.807, 2.05) is 22.7 Å². The van der Waals surface area contributed by atoms with E-state index in [-0.39, 0.29) is 10.8 Å². The van der Waals surface area contributed by atoms with Crippen molar-refractivity contribution in [3.05, 3.63) is 520 Å². The van der Waals surface area contributed by atoms with E-state index in [1.165, 1.54) is 204 Å². The molecule has 0 amide bonds. The zero-order valence-corrected chi connectivity index (χ0v) is 81.6. The molecule has 27 aromatic rings. The van der Waals surface area contributed by atoms with Crippen LogP contribution in [0.25, 0.3) is 182 Å². The summed E-state index contributed by atoms with van der Waals surface area (Å²) in [4.78, 5) is 9.84. The van der Waals surface area contributed by atoms with Crippen LogP contribution in [0.15, 0.2) is 497 Å². The first-order chi connectivity index (χ1) is 71.0. The summed E-state index contributed by atoms with van der Waals surface area (Å²) in [7, 11) is 0. The van der Waals surface area contributed by atoms with Gasteiger partial charge < -0.3 is 19.6 Å². The summed E-state index contributed by atoms with van der Waals surface area (Å²) in [6.07, 6.45) is 0. The molecule has 678 valence electrons. The third-order valence-corrected chi connectivity index (χ3v) is 33.5. The Labute approximate surface area is 844 Å². The molecule has 2 aliphatic rings. The number of fused-ring (bicyclic) bond motifs is 27. The van der Waals surface area contributed by atoms with Gasteiger partial charge in [0.05, 0.1) is 17.1 Å². The lowest BCUT2D eigenvalue weighted by atomic mass is 9.82. The Morgan fingerprint density at radius 2 is 0.396 bits per heavy atom. The lowest BCUT2D eigenvalue weighted by Gasteiger charge is -2.30. The van der Waals surface area contributed by atoms with Crippen LogP contribution in [0.1, 0.15) is 49.9 Å². The van der Waals surface area contributed by atoms with Crippen LogP contribution in [0.3, 0.4) is 0 Å². The molecule has 0 N–H and O–H groups in total.